The van der Waals surface area contributed by atoms with Gasteiger partial charge >= 0.3 is 5.97 Å². The van der Waals surface area contributed by atoms with E-state index in [1.807, 2.05) is 0 Å². The number of carboxylic acid groups (broad SMARTS) is 1. The number of hydrogen-bond donors (Lipinski definition) is 3. The summed E-state index contributed by atoms with van der Waals surface area (Å²) < 4.78 is 0. The quantitative estimate of drug-likeness (QED) is 0.459. The van der Waals surface area contributed by atoms with Crippen molar-refractivity contribution >= 4 is 5.97 Å². The number of aliphatic hydroxyl groups is 2. The molecule has 26 heavy (non-hydrogen) atoms. The summed E-state index contributed by atoms with van der Waals surface area (Å²) in [5.74, 6) is 5.26. The first-order chi connectivity index (χ1) is 12.2. The first-order valence-electron chi connectivity index (χ1n) is 10.1. The molecule has 0 bridgehead atoms. The lowest BCUT2D eigenvalue weighted by atomic mass is 9.47. The van der Waals surface area contributed by atoms with Crippen LogP contribution >= 0.6 is 0 Å². The number of carboxylic acids is 1. The molecule has 4 heteroatoms. The zero-order chi connectivity index (χ0) is 18.7. The van der Waals surface area contributed by atoms with Gasteiger partial charge in [-0.1, -0.05) is 31.4 Å². The number of aliphatic hydroxyl groups excluding tert-OH is 1. The molecular weight excluding hydrogens is 328 g/mol. The van der Waals surface area contributed by atoms with Crippen LogP contribution in [0.4, 0.5) is 0 Å². The van der Waals surface area contributed by atoms with Crippen LogP contribution in [0.5, 0.6) is 0 Å². The number of fused-ring (bicyclic) bond motifs is 5. The first-order valence-corrected chi connectivity index (χ1v) is 10.1. The van der Waals surface area contributed by atoms with Crippen molar-refractivity contribution in [3.05, 3.63) is 11.6 Å². The van der Waals surface area contributed by atoms with E-state index in [2.05, 4.69) is 31.8 Å². The third-order valence-corrected chi connectivity index (χ3v) is 8.61. The van der Waals surface area contributed by atoms with Gasteiger partial charge < -0.3 is 15.3 Å². The summed E-state index contributed by atoms with van der Waals surface area (Å²) in [5.41, 5.74) is 0.109. The lowest BCUT2D eigenvalue weighted by Gasteiger charge is -2.58. The van der Waals surface area contributed by atoms with Crippen LogP contribution in [0.15, 0.2) is 11.6 Å². The Balaban J connectivity index is 1.66. The summed E-state index contributed by atoms with van der Waals surface area (Å²) >= 11 is 0. The fraction of sp³-hybridized carbons (Fsp3) is 0.773. The Morgan fingerprint density at radius 1 is 1.15 bits per heavy atom. The number of aliphatic carboxylic acids is 1. The second-order valence-electron chi connectivity index (χ2n) is 9.57. The summed E-state index contributed by atoms with van der Waals surface area (Å²) in [6.07, 6.45) is 9.39. The van der Waals surface area contributed by atoms with Crippen molar-refractivity contribution < 1.29 is 20.1 Å². The molecule has 4 rings (SSSR count). The smallest absolute Gasteiger partial charge is 0.382 e. The molecule has 0 radical (unpaired) electrons. The van der Waals surface area contributed by atoms with Crippen LogP contribution in [0.25, 0.3) is 0 Å². The van der Waals surface area contributed by atoms with Crippen molar-refractivity contribution in [1.82, 2.24) is 0 Å². The molecule has 0 unspecified atom stereocenters. The summed E-state index contributed by atoms with van der Waals surface area (Å²) in [7, 11) is 0. The fourth-order valence-corrected chi connectivity index (χ4v) is 7.02. The average molecular weight is 358 g/mol. The Morgan fingerprint density at radius 3 is 2.62 bits per heavy atom. The molecule has 142 valence electrons. The molecule has 4 aliphatic carbocycles. The predicted molar refractivity (Wildman–Crippen MR) is 98.1 cm³/mol. The van der Waals surface area contributed by atoms with Crippen LogP contribution in [0, 0.1) is 40.4 Å². The van der Waals surface area contributed by atoms with Crippen LogP contribution in [0.2, 0.25) is 0 Å². The minimum Gasteiger partial charge on any atom is -0.472 e. The second kappa shape index (κ2) is 5.84. The van der Waals surface area contributed by atoms with E-state index in [-0.39, 0.29) is 16.9 Å². The molecular formula is C22H30O4. The van der Waals surface area contributed by atoms with Gasteiger partial charge in [-0.25, -0.2) is 4.79 Å². The van der Waals surface area contributed by atoms with Crippen molar-refractivity contribution in [1.29, 1.82) is 0 Å². The molecule has 0 aromatic rings. The van der Waals surface area contributed by atoms with Crippen LogP contribution in [0.1, 0.15) is 65.2 Å². The van der Waals surface area contributed by atoms with Crippen LogP contribution in [-0.4, -0.2) is 33.0 Å². The van der Waals surface area contributed by atoms with Crippen LogP contribution < -0.4 is 0 Å². The SMILES string of the molecule is C[C@@]12CC[C@@H](O)CC1=CC[C@H]1[C@H]3CC[C@@](O)(C#CC(=O)O)[C@]3(C)CC[C@@H]12. The molecule has 0 spiro atoms. The number of hydrogen-bond acceptors (Lipinski definition) is 3. The largest absolute Gasteiger partial charge is 0.472 e. The van der Waals surface area contributed by atoms with E-state index < -0.39 is 11.6 Å². The highest BCUT2D eigenvalue weighted by Gasteiger charge is 2.63. The molecule has 0 aromatic carbocycles. The van der Waals surface area contributed by atoms with Crippen molar-refractivity contribution in [3.8, 4) is 11.8 Å². The highest BCUT2D eigenvalue weighted by Crippen LogP contribution is 2.67. The molecule has 0 aliphatic heterocycles. The summed E-state index contributed by atoms with van der Waals surface area (Å²) in [5, 5.41) is 30.2. The van der Waals surface area contributed by atoms with E-state index in [0.29, 0.717) is 24.2 Å². The molecule has 0 saturated heterocycles. The number of allylic oxidation sites excluding steroid dienone is 1. The molecule has 3 N–H and O–H groups in total. The van der Waals surface area contributed by atoms with Crippen molar-refractivity contribution in [3.63, 3.8) is 0 Å². The first kappa shape index (κ1) is 18.1. The highest BCUT2D eigenvalue weighted by molar-refractivity contribution is 5.86. The highest BCUT2D eigenvalue weighted by atomic mass is 16.4. The van der Waals surface area contributed by atoms with Gasteiger partial charge in [0.15, 0.2) is 0 Å². The summed E-state index contributed by atoms with van der Waals surface area (Å²) in [6.45, 7) is 4.51. The Bertz CT molecular complexity index is 715. The maximum absolute atomic E-state index is 11.2. The zero-order valence-corrected chi connectivity index (χ0v) is 15.8. The minimum absolute atomic E-state index is 0.178. The van der Waals surface area contributed by atoms with Gasteiger partial charge in [0.1, 0.15) is 5.60 Å². The van der Waals surface area contributed by atoms with E-state index in [1.165, 1.54) is 5.57 Å². The third kappa shape index (κ3) is 2.40. The molecule has 4 aliphatic rings. The second-order valence-corrected chi connectivity index (χ2v) is 9.57. The Kier molecular flexibility index (Phi) is 4.06. The average Bonchev–Trinajstić information content (AvgIpc) is 2.86. The minimum atomic E-state index is -1.19. The normalized spacial score (nSPS) is 49.8. The van der Waals surface area contributed by atoms with Gasteiger partial charge in [0, 0.05) is 11.3 Å². The van der Waals surface area contributed by atoms with Crippen LogP contribution in [0.3, 0.4) is 0 Å². The molecule has 7 atom stereocenters. The van der Waals surface area contributed by atoms with Crippen molar-refractivity contribution in [2.45, 2.75) is 76.9 Å². The van der Waals surface area contributed by atoms with E-state index in [4.69, 9.17) is 5.11 Å². The van der Waals surface area contributed by atoms with Gasteiger partial charge in [0.05, 0.1) is 6.10 Å². The van der Waals surface area contributed by atoms with Gasteiger partial charge in [-0.05, 0) is 74.5 Å². The summed E-state index contributed by atoms with van der Waals surface area (Å²) in [4.78, 5) is 10.9. The van der Waals surface area contributed by atoms with Gasteiger partial charge in [-0.2, -0.15) is 0 Å². The summed E-state index contributed by atoms with van der Waals surface area (Å²) in [6, 6.07) is 0. The molecule has 3 fully saturated rings. The van der Waals surface area contributed by atoms with E-state index >= 15 is 0 Å². The molecule has 0 aromatic heterocycles. The number of carbonyl (C=O) groups is 1. The third-order valence-electron chi connectivity index (χ3n) is 8.61. The Morgan fingerprint density at radius 2 is 1.88 bits per heavy atom. The van der Waals surface area contributed by atoms with Crippen molar-refractivity contribution in [2.24, 2.45) is 28.6 Å². The monoisotopic (exact) mass is 358 g/mol. The maximum atomic E-state index is 11.2. The van der Waals surface area contributed by atoms with Gasteiger partial charge in [-0.15, -0.1) is 0 Å². The number of rotatable bonds is 0. The zero-order valence-electron chi connectivity index (χ0n) is 15.8. The van der Waals surface area contributed by atoms with E-state index in [0.717, 1.165) is 44.9 Å². The van der Waals surface area contributed by atoms with Crippen LogP contribution in [-0.2, 0) is 4.79 Å². The Labute approximate surface area is 155 Å². The maximum Gasteiger partial charge on any atom is 0.382 e. The van der Waals surface area contributed by atoms with Crippen molar-refractivity contribution in [2.75, 3.05) is 0 Å². The van der Waals surface area contributed by atoms with E-state index in [9.17, 15) is 15.0 Å². The fourth-order valence-electron chi connectivity index (χ4n) is 7.02. The molecule has 0 amide bonds. The Hall–Kier alpha value is -1.31. The standard InChI is InChI=1S/C22H30O4/c1-20-9-5-15(23)13-14(20)3-4-16-17(20)6-10-21(2)18(16)7-11-22(21,26)12-8-19(24)25/h3,15-18,23,26H,4-7,9-11,13H2,1-2H3,(H,24,25)/t15-,16-,17+,18-,20-,21-,22-/m1/s1. The van der Waals surface area contributed by atoms with Gasteiger partial charge in [-0.3, -0.25) is 0 Å². The molecule has 0 heterocycles. The molecule has 3 saturated carbocycles. The lowest BCUT2D eigenvalue weighted by molar-refractivity contribution is -0.130. The van der Waals surface area contributed by atoms with E-state index in [1.54, 1.807) is 0 Å². The topological polar surface area (TPSA) is 77.8 Å². The predicted octanol–water partition coefficient (Wildman–Crippen LogP) is 3.13. The van der Waals surface area contributed by atoms with Gasteiger partial charge in [0.25, 0.3) is 0 Å². The lowest BCUT2D eigenvalue weighted by Crippen LogP contribution is -2.54. The molecule has 4 nitrogen and oxygen atoms in total. The van der Waals surface area contributed by atoms with Gasteiger partial charge in [0.2, 0.25) is 0 Å².